The van der Waals surface area contributed by atoms with Crippen molar-refractivity contribution in [1.82, 2.24) is 69.4 Å². The van der Waals surface area contributed by atoms with Crippen LogP contribution in [-0.2, 0) is 44.0 Å². The molecular weight excluding hydrogens is 963 g/mol. The molecule has 24 nitrogen and oxygen atoms in total. The number of methoxy groups -OCH3 is 4. The SMILES string of the molecule is COc1ncnc(OC)c1-n1c(CS(=O)(=O)[C@@H](C)Cc2ncc(F)cn2)nnc1-c1ccc(C)o1.COc1ncnc(OC)c1-n1c(CS(=O)(=O)[C@H](C)Cc2ncc(F)cn2)nnc1-c1ccc(C)o1. The molecule has 0 aromatic carbocycles. The molecule has 368 valence electrons. The average molecular weight is 1010 g/mol. The summed E-state index contributed by atoms with van der Waals surface area (Å²) in [6.07, 6.45) is 6.44. The molecule has 8 rings (SSSR count). The van der Waals surface area contributed by atoms with Crippen molar-refractivity contribution < 1.29 is 53.4 Å². The molecule has 0 unspecified atom stereocenters. The van der Waals surface area contributed by atoms with E-state index in [9.17, 15) is 25.6 Å². The van der Waals surface area contributed by atoms with E-state index < -0.39 is 53.3 Å². The van der Waals surface area contributed by atoms with Gasteiger partial charge in [0.25, 0.3) is 0 Å². The molecule has 0 bridgehead atoms. The number of nitrogens with zero attached hydrogens (tertiary/aromatic N) is 14. The summed E-state index contributed by atoms with van der Waals surface area (Å²) in [5, 5.41) is 14.9. The molecule has 0 aliphatic carbocycles. The summed E-state index contributed by atoms with van der Waals surface area (Å²) >= 11 is 0. The molecule has 2 atom stereocenters. The van der Waals surface area contributed by atoms with Crippen molar-refractivity contribution in [2.45, 2.75) is 62.5 Å². The van der Waals surface area contributed by atoms with Gasteiger partial charge in [0.1, 0.15) is 47.3 Å². The van der Waals surface area contributed by atoms with Gasteiger partial charge >= 0.3 is 0 Å². The Balaban J connectivity index is 0.000000206. The Kier molecular flexibility index (Phi) is 15.1. The molecule has 8 aromatic rings. The predicted octanol–water partition coefficient (Wildman–Crippen LogP) is 4.24. The van der Waals surface area contributed by atoms with Gasteiger partial charge in [0.15, 0.2) is 65.9 Å². The minimum atomic E-state index is -3.81. The summed E-state index contributed by atoms with van der Waals surface area (Å²) in [6, 6.07) is 6.85. The van der Waals surface area contributed by atoms with Crippen LogP contribution in [0.3, 0.4) is 0 Å². The number of aromatic nitrogens is 14. The molecular formula is C42H44F2N14O10S2. The van der Waals surface area contributed by atoms with Crippen LogP contribution >= 0.6 is 0 Å². The van der Waals surface area contributed by atoms with E-state index in [1.165, 1.54) is 64.1 Å². The monoisotopic (exact) mass is 1010 g/mol. The zero-order chi connectivity index (χ0) is 50.3. The number of ether oxygens (including phenoxy) is 4. The summed E-state index contributed by atoms with van der Waals surface area (Å²) in [7, 11) is -1.97. The van der Waals surface area contributed by atoms with Crippen molar-refractivity contribution in [2.24, 2.45) is 0 Å². The normalized spacial score (nSPS) is 12.5. The maximum atomic E-state index is 13.3. The van der Waals surface area contributed by atoms with Crippen LogP contribution < -0.4 is 18.9 Å². The lowest BCUT2D eigenvalue weighted by atomic mass is 10.3. The molecule has 0 saturated carbocycles. The zero-order valence-corrected chi connectivity index (χ0v) is 40.3. The van der Waals surface area contributed by atoms with Gasteiger partial charge in [-0.05, 0) is 52.0 Å². The van der Waals surface area contributed by atoms with Crippen molar-refractivity contribution in [3.63, 3.8) is 0 Å². The largest absolute Gasteiger partial charge is 0.479 e. The molecule has 0 N–H and O–H groups in total. The Labute approximate surface area is 398 Å². The van der Waals surface area contributed by atoms with Gasteiger partial charge in [0.2, 0.25) is 35.2 Å². The van der Waals surface area contributed by atoms with Gasteiger partial charge in [-0.3, -0.25) is 9.13 Å². The second kappa shape index (κ2) is 21.2. The lowest BCUT2D eigenvalue weighted by molar-refractivity contribution is 0.367. The summed E-state index contributed by atoms with van der Waals surface area (Å²) in [4.78, 5) is 31.9. The highest BCUT2D eigenvalue weighted by atomic mass is 32.2. The first-order valence-electron chi connectivity index (χ1n) is 20.7. The minimum Gasteiger partial charge on any atom is -0.479 e. The first-order chi connectivity index (χ1) is 33.5. The van der Waals surface area contributed by atoms with E-state index in [0.29, 0.717) is 23.0 Å². The van der Waals surface area contributed by atoms with E-state index in [0.717, 1.165) is 24.8 Å². The van der Waals surface area contributed by atoms with E-state index in [-0.39, 0.29) is 82.7 Å². The number of hydrogen-bond acceptors (Lipinski definition) is 22. The first-order valence-corrected chi connectivity index (χ1v) is 24.1. The first kappa shape index (κ1) is 50.0. The molecule has 0 amide bonds. The number of hydrogen-bond donors (Lipinski definition) is 0. The topological polar surface area (TPSA) is 296 Å². The van der Waals surface area contributed by atoms with Crippen molar-refractivity contribution in [3.05, 3.63) is 108 Å². The Bertz CT molecular complexity index is 3050. The van der Waals surface area contributed by atoms with Crippen molar-refractivity contribution in [3.8, 4) is 58.1 Å². The Morgan fingerprint density at radius 2 is 0.857 bits per heavy atom. The molecule has 0 aliphatic rings. The number of aryl methyl sites for hydroxylation is 2. The molecule has 0 aliphatic heterocycles. The number of furan rings is 2. The lowest BCUT2D eigenvalue weighted by Crippen LogP contribution is -2.24. The highest BCUT2D eigenvalue weighted by Crippen LogP contribution is 2.36. The number of halogens is 2. The Hall–Kier alpha value is -7.88. The van der Waals surface area contributed by atoms with Crippen molar-refractivity contribution in [2.75, 3.05) is 28.4 Å². The standard InChI is InChI=1S/2C21H22FN7O5S/c2*1-12-5-6-15(34-12)19-28-27-17(29(19)18-20(32-3)25-11-26-21(18)33-4)10-35(30,31)13(2)7-16-23-8-14(22)9-24-16/h2*5-6,8-9,11,13H,7,10H2,1-4H3/t2*13-/m10/s1. The molecule has 8 heterocycles. The molecule has 8 aromatic heterocycles. The molecule has 0 fully saturated rings. The molecule has 28 heteroatoms. The van der Waals surface area contributed by atoms with Crippen LogP contribution in [0.1, 0.15) is 48.7 Å². The molecule has 70 heavy (non-hydrogen) atoms. The quantitative estimate of drug-likeness (QED) is 0.116. The van der Waals surface area contributed by atoms with E-state index in [1.807, 2.05) is 0 Å². The van der Waals surface area contributed by atoms with Gasteiger partial charge in [-0.2, -0.15) is 19.9 Å². The highest BCUT2D eigenvalue weighted by molar-refractivity contribution is 7.91. The summed E-state index contributed by atoms with van der Waals surface area (Å²) in [6.45, 7) is 6.57. The summed E-state index contributed by atoms with van der Waals surface area (Å²) < 4.78 is 115. The molecule has 0 saturated heterocycles. The van der Waals surface area contributed by atoms with E-state index >= 15 is 0 Å². The Morgan fingerprint density at radius 1 is 0.529 bits per heavy atom. The fourth-order valence-corrected chi connectivity index (χ4v) is 9.16. The van der Waals surface area contributed by atoms with Crippen LogP contribution in [0.25, 0.3) is 34.5 Å². The van der Waals surface area contributed by atoms with Crippen LogP contribution in [0.5, 0.6) is 23.5 Å². The van der Waals surface area contributed by atoms with Crippen LogP contribution in [0, 0.1) is 25.5 Å². The fraction of sp³-hybridized carbons (Fsp3) is 0.333. The number of rotatable bonds is 18. The molecule has 0 radical (unpaired) electrons. The third kappa shape index (κ3) is 11.0. The number of sulfone groups is 2. The predicted molar refractivity (Wildman–Crippen MR) is 241 cm³/mol. The van der Waals surface area contributed by atoms with Crippen LogP contribution in [0.2, 0.25) is 0 Å². The fourth-order valence-electron chi connectivity index (χ4n) is 6.70. The lowest BCUT2D eigenvalue weighted by Gasteiger charge is -2.16. The highest BCUT2D eigenvalue weighted by Gasteiger charge is 2.33. The third-order valence-corrected chi connectivity index (χ3v) is 14.4. The van der Waals surface area contributed by atoms with Gasteiger partial charge in [0, 0.05) is 12.8 Å². The van der Waals surface area contributed by atoms with Gasteiger partial charge in [-0.1, -0.05) is 0 Å². The van der Waals surface area contributed by atoms with E-state index in [1.54, 1.807) is 38.1 Å². The summed E-state index contributed by atoms with van der Waals surface area (Å²) in [5.41, 5.74) is 0.428. The van der Waals surface area contributed by atoms with Crippen LogP contribution in [-0.4, -0.2) is 125 Å². The van der Waals surface area contributed by atoms with Crippen LogP contribution in [0.4, 0.5) is 8.78 Å². The van der Waals surface area contributed by atoms with Crippen molar-refractivity contribution >= 4 is 19.7 Å². The van der Waals surface area contributed by atoms with E-state index in [2.05, 4.69) is 60.3 Å². The van der Waals surface area contributed by atoms with Gasteiger partial charge in [0.05, 0.1) is 63.7 Å². The minimum absolute atomic E-state index is 0.0118. The van der Waals surface area contributed by atoms with E-state index in [4.69, 9.17) is 27.8 Å². The maximum absolute atomic E-state index is 13.3. The maximum Gasteiger partial charge on any atom is 0.245 e. The smallest absolute Gasteiger partial charge is 0.245 e. The second-order valence-corrected chi connectivity index (χ2v) is 20.0. The van der Waals surface area contributed by atoms with Crippen molar-refractivity contribution in [1.29, 1.82) is 0 Å². The molecule has 0 spiro atoms. The Morgan fingerprint density at radius 3 is 1.14 bits per heavy atom. The average Bonchev–Trinajstić information content (AvgIpc) is 4.17. The zero-order valence-electron chi connectivity index (χ0n) is 38.7. The van der Waals surface area contributed by atoms with Crippen LogP contribution in [0.15, 0.2) is 70.5 Å². The second-order valence-electron chi connectivity index (χ2n) is 15.1. The van der Waals surface area contributed by atoms with Gasteiger partial charge in [-0.15, -0.1) is 20.4 Å². The summed E-state index contributed by atoms with van der Waals surface area (Å²) in [5.74, 6) is 1.17. The van der Waals surface area contributed by atoms with Gasteiger partial charge < -0.3 is 27.8 Å². The van der Waals surface area contributed by atoms with Gasteiger partial charge in [-0.25, -0.2) is 45.6 Å². The third-order valence-electron chi connectivity index (χ3n) is 10.3.